The fraction of sp³-hybridized carbons (Fsp3) is 0.0750. The molecule has 0 atom stereocenters. The monoisotopic (exact) mass is 605 g/mol. The molecule has 0 saturated carbocycles. The van der Waals surface area contributed by atoms with E-state index in [1.165, 1.54) is 12.1 Å². The van der Waals surface area contributed by atoms with Crippen LogP contribution in [0.4, 0.5) is 13.2 Å². The minimum atomic E-state index is -4.70. The van der Waals surface area contributed by atoms with Crippen molar-refractivity contribution in [2.24, 2.45) is 0 Å². The zero-order chi connectivity index (χ0) is 31.7. The Labute approximate surface area is 263 Å². The van der Waals surface area contributed by atoms with Crippen molar-refractivity contribution >= 4 is 43.6 Å². The molecule has 46 heavy (non-hydrogen) atoms. The summed E-state index contributed by atoms with van der Waals surface area (Å²) in [6.45, 7) is 4.05. The van der Waals surface area contributed by atoms with Crippen LogP contribution in [0.15, 0.2) is 121 Å². The molecule has 8 rings (SSSR count). The highest BCUT2D eigenvalue weighted by molar-refractivity contribution is 6.12. The molecule has 0 bridgehead atoms. The van der Waals surface area contributed by atoms with Gasteiger partial charge < -0.3 is 9.13 Å². The van der Waals surface area contributed by atoms with E-state index < -0.39 is 11.7 Å². The summed E-state index contributed by atoms with van der Waals surface area (Å²) in [6, 6.07) is 39.2. The molecule has 8 aromatic rings. The number of alkyl halides is 3. The normalized spacial score (nSPS) is 12.0. The SMILES string of the molecule is Cc1cccc2c1c1ccccc1n2-c1cc(-n2c3ccccc3c3c(C)cccc32)c(-c2cccc(C#N)c2)c(C(F)(F)F)c1. The molecule has 0 aliphatic carbocycles. The number of aromatic nitrogens is 2. The van der Waals surface area contributed by atoms with Crippen LogP contribution >= 0.6 is 0 Å². The fourth-order valence-corrected chi connectivity index (χ4v) is 7.12. The number of benzene rings is 6. The molecule has 2 heterocycles. The van der Waals surface area contributed by atoms with E-state index in [4.69, 9.17) is 0 Å². The van der Waals surface area contributed by atoms with Gasteiger partial charge in [0.05, 0.1) is 45.0 Å². The maximum atomic E-state index is 15.5. The lowest BCUT2D eigenvalue weighted by atomic mass is 9.94. The highest BCUT2D eigenvalue weighted by Gasteiger charge is 2.37. The van der Waals surface area contributed by atoms with E-state index >= 15 is 13.2 Å². The van der Waals surface area contributed by atoms with Crippen LogP contribution in [0.1, 0.15) is 22.3 Å². The van der Waals surface area contributed by atoms with E-state index in [2.05, 4.69) is 6.07 Å². The first kappa shape index (κ1) is 27.7. The van der Waals surface area contributed by atoms with Crippen molar-refractivity contribution < 1.29 is 13.2 Å². The summed E-state index contributed by atoms with van der Waals surface area (Å²) in [7, 11) is 0. The van der Waals surface area contributed by atoms with Crippen molar-refractivity contribution in [2.75, 3.05) is 0 Å². The Balaban J connectivity index is 1.61. The lowest BCUT2D eigenvalue weighted by Gasteiger charge is -2.22. The predicted octanol–water partition coefficient (Wildman–Crippen LogP) is 11.1. The Morgan fingerprint density at radius 1 is 0.587 bits per heavy atom. The number of hydrogen-bond acceptors (Lipinski definition) is 1. The van der Waals surface area contributed by atoms with Crippen LogP contribution in [0.25, 0.3) is 66.1 Å². The number of nitrogens with zero attached hydrogens (tertiary/aromatic N) is 3. The zero-order valence-corrected chi connectivity index (χ0v) is 25.0. The van der Waals surface area contributed by atoms with Crippen molar-refractivity contribution in [3.05, 3.63) is 144 Å². The molecule has 2 aromatic heterocycles. The molecule has 0 N–H and O–H groups in total. The molecular formula is C40H26F3N3. The molecular weight excluding hydrogens is 579 g/mol. The highest BCUT2D eigenvalue weighted by Crippen LogP contribution is 2.46. The Morgan fingerprint density at radius 2 is 1.13 bits per heavy atom. The van der Waals surface area contributed by atoms with Crippen LogP contribution in [0.5, 0.6) is 0 Å². The molecule has 6 heteroatoms. The molecule has 0 saturated heterocycles. The average Bonchev–Trinajstić information content (AvgIpc) is 3.58. The van der Waals surface area contributed by atoms with Gasteiger partial charge in [0.15, 0.2) is 0 Å². The molecule has 0 unspecified atom stereocenters. The Bertz CT molecular complexity index is 2560. The molecule has 6 aromatic carbocycles. The van der Waals surface area contributed by atoms with E-state index in [9.17, 15) is 5.26 Å². The van der Waals surface area contributed by atoms with Gasteiger partial charge in [-0.1, -0.05) is 72.8 Å². The van der Waals surface area contributed by atoms with Gasteiger partial charge in [-0.2, -0.15) is 18.4 Å². The molecule has 0 fully saturated rings. The predicted molar refractivity (Wildman–Crippen MR) is 180 cm³/mol. The van der Waals surface area contributed by atoms with Crippen LogP contribution < -0.4 is 0 Å². The third-order valence-corrected chi connectivity index (χ3v) is 9.00. The van der Waals surface area contributed by atoms with Gasteiger partial charge in [0.2, 0.25) is 0 Å². The number of nitriles is 1. The maximum absolute atomic E-state index is 15.5. The summed E-state index contributed by atoms with van der Waals surface area (Å²) < 4.78 is 50.3. The lowest BCUT2D eigenvalue weighted by molar-refractivity contribution is -0.137. The minimum Gasteiger partial charge on any atom is -0.309 e. The van der Waals surface area contributed by atoms with Gasteiger partial charge in [-0.05, 0) is 79.1 Å². The molecule has 0 spiro atoms. The van der Waals surface area contributed by atoms with Crippen LogP contribution in [0.3, 0.4) is 0 Å². The van der Waals surface area contributed by atoms with Gasteiger partial charge in [0.25, 0.3) is 0 Å². The first-order valence-corrected chi connectivity index (χ1v) is 15.0. The number of aryl methyl sites for hydroxylation is 2. The summed E-state index contributed by atoms with van der Waals surface area (Å²) in [5.41, 5.74) is 5.99. The van der Waals surface area contributed by atoms with Crippen LogP contribution in [-0.2, 0) is 6.18 Å². The minimum absolute atomic E-state index is 0.0226. The number of hydrogen-bond donors (Lipinski definition) is 0. The molecule has 0 amide bonds. The van der Waals surface area contributed by atoms with E-state index in [0.717, 1.165) is 54.7 Å². The maximum Gasteiger partial charge on any atom is 0.417 e. The van der Waals surface area contributed by atoms with Gasteiger partial charge >= 0.3 is 6.18 Å². The summed E-state index contributed by atoms with van der Waals surface area (Å²) >= 11 is 0. The summed E-state index contributed by atoms with van der Waals surface area (Å²) in [5.74, 6) is 0. The van der Waals surface area contributed by atoms with E-state index in [-0.39, 0.29) is 11.1 Å². The molecule has 0 radical (unpaired) electrons. The number of fused-ring (bicyclic) bond motifs is 6. The van der Waals surface area contributed by atoms with E-state index in [1.807, 2.05) is 114 Å². The third kappa shape index (κ3) is 4.05. The molecule has 0 aliphatic rings. The molecule has 0 aliphatic heterocycles. The van der Waals surface area contributed by atoms with Crippen molar-refractivity contribution in [1.82, 2.24) is 9.13 Å². The van der Waals surface area contributed by atoms with Crippen molar-refractivity contribution in [2.45, 2.75) is 20.0 Å². The standard InChI is InChI=1S/C40H26F3N3/c1-24-10-7-18-34-37(24)29-14-3-5-16-32(29)45(34)28-21-31(40(41,42)43)39(27-13-9-12-26(20-27)23-44)36(22-28)46-33-17-6-4-15-30(33)38-25(2)11-8-19-35(38)46/h3-22H,1-2H3. The number of para-hydroxylation sites is 2. The summed E-state index contributed by atoms with van der Waals surface area (Å²) in [5, 5.41) is 13.6. The number of halogens is 3. The van der Waals surface area contributed by atoms with Crippen molar-refractivity contribution in [3.63, 3.8) is 0 Å². The van der Waals surface area contributed by atoms with Gasteiger partial charge in [-0.25, -0.2) is 0 Å². The van der Waals surface area contributed by atoms with Crippen LogP contribution in [0, 0.1) is 25.2 Å². The second-order valence-electron chi connectivity index (χ2n) is 11.7. The van der Waals surface area contributed by atoms with Gasteiger partial charge in [-0.3, -0.25) is 0 Å². The molecule has 3 nitrogen and oxygen atoms in total. The van der Waals surface area contributed by atoms with Crippen molar-refractivity contribution in [3.8, 4) is 28.6 Å². The Kier molecular flexibility index (Phi) is 6.10. The second kappa shape index (κ2) is 10.1. The van der Waals surface area contributed by atoms with Gasteiger partial charge in [0.1, 0.15) is 0 Å². The lowest BCUT2D eigenvalue weighted by Crippen LogP contribution is -2.12. The smallest absolute Gasteiger partial charge is 0.309 e. The molecule has 222 valence electrons. The summed E-state index contributed by atoms with van der Waals surface area (Å²) in [4.78, 5) is 0. The third-order valence-electron chi connectivity index (χ3n) is 9.00. The van der Waals surface area contributed by atoms with Gasteiger partial charge in [0, 0.05) is 32.8 Å². The average molecular weight is 606 g/mol. The first-order valence-electron chi connectivity index (χ1n) is 15.0. The largest absolute Gasteiger partial charge is 0.417 e. The quantitative estimate of drug-likeness (QED) is 0.197. The first-order chi connectivity index (χ1) is 22.3. The Hall–Kier alpha value is -5.80. The van der Waals surface area contributed by atoms with Crippen LogP contribution in [-0.4, -0.2) is 9.13 Å². The summed E-state index contributed by atoms with van der Waals surface area (Å²) in [6.07, 6.45) is -4.70. The fourth-order valence-electron chi connectivity index (χ4n) is 7.12. The van der Waals surface area contributed by atoms with E-state index in [1.54, 1.807) is 18.2 Å². The topological polar surface area (TPSA) is 33.6 Å². The second-order valence-corrected chi connectivity index (χ2v) is 11.7. The van der Waals surface area contributed by atoms with Gasteiger partial charge in [-0.15, -0.1) is 0 Å². The highest BCUT2D eigenvalue weighted by atomic mass is 19.4. The van der Waals surface area contributed by atoms with Crippen molar-refractivity contribution in [1.29, 1.82) is 5.26 Å². The number of rotatable bonds is 3. The van der Waals surface area contributed by atoms with E-state index in [0.29, 0.717) is 16.9 Å². The zero-order valence-electron chi connectivity index (χ0n) is 25.0. The van der Waals surface area contributed by atoms with Crippen LogP contribution in [0.2, 0.25) is 0 Å². The Morgan fingerprint density at radius 3 is 1.74 bits per heavy atom.